The second kappa shape index (κ2) is 6.34. The fourth-order valence-corrected chi connectivity index (χ4v) is 2.47. The molecule has 0 aromatic carbocycles. The van der Waals surface area contributed by atoms with Crippen molar-refractivity contribution in [2.45, 2.75) is 58.2 Å². The number of carbonyl (C=O) groups is 2. The van der Waals surface area contributed by atoms with Crippen LogP contribution in [0.4, 0.5) is 18.0 Å². The molecule has 1 amide bonds. The highest BCUT2D eigenvalue weighted by Gasteiger charge is 2.47. The number of alkyl halides is 3. The lowest BCUT2D eigenvalue weighted by Gasteiger charge is -2.27. The third-order valence-electron chi connectivity index (χ3n) is 3.57. The fourth-order valence-electron chi connectivity index (χ4n) is 2.47. The van der Waals surface area contributed by atoms with Gasteiger partial charge in [0, 0.05) is 19.5 Å². The molecule has 0 bridgehead atoms. The number of ether oxygens (including phenoxy) is 1. The molecule has 1 aliphatic heterocycles. The number of hydrogen-bond acceptors (Lipinski definition) is 3. The summed E-state index contributed by atoms with van der Waals surface area (Å²) in [4.78, 5) is 24.7. The Hall–Kier alpha value is -1.47. The monoisotopic (exact) mass is 325 g/mol. The van der Waals surface area contributed by atoms with Gasteiger partial charge in [0.05, 0.1) is 5.41 Å². The first kappa shape index (κ1) is 18.6. The standard InChI is InChI=1S/C14H22F3NO4/c1-12(2,3)22-11(21)18-8-7-13(9-18,10(19)20)5-4-6-14(15,16)17/h4-9H2,1-3H3,(H,19,20). The van der Waals surface area contributed by atoms with Gasteiger partial charge in [0.25, 0.3) is 0 Å². The van der Waals surface area contributed by atoms with Crippen molar-refractivity contribution in [1.29, 1.82) is 0 Å². The first-order chi connectivity index (χ1) is 9.85. The first-order valence-electron chi connectivity index (χ1n) is 7.13. The van der Waals surface area contributed by atoms with Crippen molar-refractivity contribution in [3.05, 3.63) is 0 Å². The van der Waals surface area contributed by atoms with Crippen LogP contribution >= 0.6 is 0 Å². The number of amides is 1. The maximum Gasteiger partial charge on any atom is 0.410 e. The van der Waals surface area contributed by atoms with E-state index in [4.69, 9.17) is 4.74 Å². The molecule has 1 rings (SSSR count). The fraction of sp³-hybridized carbons (Fsp3) is 0.857. The van der Waals surface area contributed by atoms with E-state index in [-0.39, 0.29) is 32.4 Å². The van der Waals surface area contributed by atoms with Gasteiger partial charge in [-0.15, -0.1) is 0 Å². The highest BCUT2D eigenvalue weighted by molar-refractivity contribution is 5.78. The van der Waals surface area contributed by atoms with Crippen LogP contribution in [0.25, 0.3) is 0 Å². The Morgan fingerprint density at radius 1 is 1.27 bits per heavy atom. The number of aliphatic carboxylic acids is 1. The summed E-state index contributed by atoms with van der Waals surface area (Å²) in [6.07, 6.45) is -6.19. The van der Waals surface area contributed by atoms with Crippen LogP contribution in [0, 0.1) is 5.41 Å². The smallest absolute Gasteiger partial charge is 0.410 e. The lowest BCUT2D eigenvalue weighted by Crippen LogP contribution is -2.39. The topological polar surface area (TPSA) is 66.8 Å². The molecule has 0 aromatic rings. The third kappa shape index (κ3) is 5.38. The highest BCUT2D eigenvalue weighted by Crippen LogP contribution is 2.38. The van der Waals surface area contributed by atoms with E-state index in [1.807, 2.05) is 0 Å². The Morgan fingerprint density at radius 2 is 1.86 bits per heavy atom. The molecule has 128 valence electrons. The van der Waals surface area contributed by atoms with Gasteiger partial charge in [-0.3, -0.25) is 4.79 Å². The van der Waals surface area contributed by atoms with Crippen LogP contribution in [-0.2, 0) is 9.53 Å². The van der Waals surface area contributed by atoms with E-state index in [9.17, 15) is 27.9 Å². The van der Waals surface area contributed by atoms with E-state index >= 15 is 0 Å². The Bertz CT molecular complexity index is 431. The van der Waals surface area contributed by atoms with Crippen LogP contribution in [0.2, 0.25) is 0 Å². The predicted molar refractivity (Wildman–Crippen MR) is 72.4 cm³/mol. The lowest BCUT2D eigenvalue weighted by atomic mass is 9.82. The highest BCUT2D eigenvalue weighted by atomic mass is 19.4. The van der Waals surface area contributed by atoms with Gasteiger partial charge in [-0.05, 0) is 40.0 Å². The van der Waals surface area contributed by atoms with Crippen LogP contribution in [-0.4, -0.2) is 46.9 Å². The molecule has 0 saturated carbocycles. The summed E-state index contributed by atoms with van der Waals surface area (Å²) < 4.78 is 41.8. The average molecular weight is 325 g/mol. The average Bonchev–Trinajstić information content (AvgIpc) is 2.70. The SMILES string of the molecule is CC(C)(C)OC(=O)N1CCC(CCCC(F)(F)F)(C(=O)O)C1. The minimum atomic E-state index is -4.30. The zero-order valence-electron chi connectivity index (χ0n) is 13.0. The third-order valence-corrected chi connectivity index (χ3v) is 3.57. The quantitative estimate of drug-likeness (QED) is 0.860. The van der Waals surface area contributed by atoms with Gasteiger partial charge in [-0.1, -0.05) is 0 Å². The van der Waals surface area contributed by atoms with Crippen molar-refractivity contribution in [2.24, 2.45) is 5.41 Å². The number of likely N-dealkylation sites (tertiary alicyclic amines) is 1. The molecule has 0 radical (unpaired) electrons. The molecule has 1 heterocycles. The Balaban J connectivity index is 2.67. The summed E-state index contributed by atoms with van der Waals surface area (Å²) in [5.41, 5.74) is -2.02. The normalized spacial score (nSPS) is 22.7. The van der Waals surface area contributed by atoms with Crippen LogP contribution in [0.5, 0.6) is 0 Å². The number of carbonyl (C=O) groups excluding carboxylic acids is 1. The summed E-state index contributed by atoms with van der Waals surface area (Å²) in [5, 5.41) is 9.37. The van der Waals surface area contributed by atoms with Crippen molar-refractivity contribution in [3.8, 4) is 0 Å². The van der Waals surface area contributed by atoms with Crippen molar-refractivity contribution in [3.63, 3.8) is 0 Å². The Morgan fingerprint density at radius 3 is 2.32 bits per heavy atom. The van der Waals surface area contributed by atoms with Crippen molar-refractivity contribution in [2.75, 3.05) is 13.1 Å². The number of nitrogens with zero attached hydrogens (tertiary/aromatic N) is 1. The van der Waals surface area contributed by atoms with E-state index < -0.39 is 35.7 Å². The maximum absolute atomic E-state index is 12.2. The van der Waals surface area contributed by atoms with Crippen molar-refractivity contribution < 1.29 is 32.6 Å². The maximum atomic E-state index is 12.2. The molecular weight excluding hydrogens is 303 g/mol. The zero-order chi connectivity index (χ0) is 17.2. The van der Waals surface area contributed by atoms with E-state index in [2.05, 4.69) is 0 Å². The first-order valence-corrected chi connectivity index (χ1v) is 7.13. The molecule has 0 aliphatic carbocycles. The molecule has 0 spiro atoms. The molecule has 1 unspecified atom stereocenters. The molecule has 5 nitrogen and oxygen atoms in total. The van der Waals surface area contributed by atoms with Gasteiger partial charge in [0.2, 0.25) is 0 Å². The molecule has 1 saturated heterocycles. The van der Waals surface area contributed by atoms with Crippen molar-refractivity contribution >= 4 is 12.1 Å². The van der Waals surface area contributed by atoms with Gasteiger partial charge < -0.3 is 14.7 Å². The van der Waals surface area contributed by atoms with Crippen molar-refractivity contribution in [1.82, 2.24) is 4.90 Å². The number of carboxylic acid groups (broad SMARTS) is 1. The van der Waals surface area contributed by atoms with E-state index in [0.717, 1.165) is 0 Å². The number of carboxylic acids is 1. The van der Waals surface area contributed by atoms with Gasteiger partial charge in [-0.25, -0.2) is 4.79 Å². The zero-order valence-corrected chi connectivity index (χ0v) is 13.0. The number of rotatable bonds is 4. The summed E-state index contributed by atoms with van der Waals surface area (Å²) >= 11 is 0. The Labute approximate surface area is 127 Å². The minimum absolute atomic E-state index is 0.110. The van der Waals surface area contributed by atoms with Crippen LogP contribution in [0.1, 0.15) is 46.5 Å². The minimum Gasteiger partial charge on any atom is -0.481 e. The molecule has 1 aliphatic rings. The second-order valence-electron chi connectivity index (χ2n) is 6.71. The summed E-state index contributed by atoms with van der Waals surface area (Å²) in [6.45, 7) is 5.13. The number of halogens is 3. The largest absolute Gasteiger partial charge is 0.481 e. The van der Waals surface area contributed by atoms with E-state index in [1.165, 1.54) is 4.90 Å². The van der Waals surface area contributed by atoms with Gasteiger partial charge in [0.1, 0.15) is 5.60 Å². The van der Waals surface area contributed by atoms with Crippen LogP contribution in [0.3, 0.4) is 0 Å². The second-order valence-corrected chi connectivity index (χ2v) is 6.71. The lowest BCUT2D eigenvalue weighted by molar-refractivity contribution is -0.151. The molecule has 1 atom stereocenters. The molecule has 22 heavy (non-hydrogen) atoms. The molecular formula is C14H22F3NO4. The van der Waals surface area contributed by atoms with Crippen LogP contribution in [0.15, 0.2) is 0 Å². The summed E-state index contributed by atoms with van der Waals surface area (Å²) in [7, 11) is 0. The van der Waals surface area contributed by atoms with Gasteiger partial charge in [-0.2, -0.15) is 13.2 Å². The number of hydrogen-bond donors (Lipinski definition) is 1. The van der Waals surface area contributed by atoms with E-state index in [1.54, 1.807) is 20.8 Å². The molecule has 8 heteroatoms. The van der Waals surface area contributed by atoms with E-state index in [0.29, 0.717) is 0 Å². The summed E-state index contributed by atoms with van der Waals surface area (Å²) in [6, 6.07) is 0. The summed E-state index contributed by atoms with van der Waals surface area (Å²) in [5.74, 6) is -1.17. The van der Waals surface area contributed by atoms with Gasteiger partial charge >= 0.3 is 18.2 Å². The molecule has 1 fully saturated rings. The molecule has 0 aromatic heterocycles. The predicted octanol–water partition coefficient (Wildman–Crippen LogP) is 3.43. The van der Waals surface area contributed by atoms with Gasteiger partial charge in [0.15, 0.2) is 0 Å². The Kier molecular flexibility index (Phi) is 5.35. The van der Waals surface area contributed by atoms with Crippen LogP contribution < -0.4 is 0 Å². The molecule has 1 N–H and O–H groups in total.